The summed E-state index contributed by atoms with van der Waals surface area (Å²) in [4.78, 5) is 31.8. The molecule has 8 nitrogen and oxygen atoms in total. The molecule has 0 spiro atoms. The van der Waals surface area contributed by atoms with Gasteiger partial charge in [-0.25, -0.2) is 4.98 Å². The first kappa shape index (κ1) is 27.0. The zero-order valence-electron chi connectivity index (χ0n) is 20.6. The Morgan fingerprint density at radius 2 is 1.66 bits per heavy atom. The molecule has 1 aromatic heterocycles. The summed E-state index contributed by atoms with van der Waals surface area (Å²) in [5.74, 6) is 3.54. The summed E-state index contributed by atoms with van der Waals surface area (Å²) in [5, 5.41) is 12.3. The first-order valence-corrected chi connectivity index (χ1v) is 12.2. The van der Waals surface area contributed by atoms with Crippen molar-refractivity contribution >= 4 is 5.91 Å². The quantitative estimate of drug-likeness (QED) is 0.393. The SMILES string of the molecule is O=C(NCC(Cc1ccc(C#Cc2ccc(CN3CCOCC3)cc2)cc1)c1nc[nH]c(=O)c1O)C(F)F. The summed E-state index contributed by atoms with van der Waals surface area (Å²) in [6.45, 7) is 4.06. The molecule has 2 aromatic carbocycles. The van der Waals surface area contributed by atoms with Gasteiger partial charge in [-0.3, -0.25) is 14.5 Å². The van der Waals surface area contributed by atoms with Crippen LogP contribution in [0, 0.1) is 11.8 Å². The van der Waals surface area contributed by atoms with Crippen molar-refractivity contribution in [1.29, 1.82) is 0 Å². The number of aromatic hydroxyl groups is 1. The van der Waals surface area contributed by atoms with Crippen LogP contribution in [-0.2, 0) is 22.5 Å². The summed E-state index contributed by atoms with van der Waals surface area (Å²) in [6, 6.07) is 15.4. The Bertz CT molecular complexity index is 1340. The second-order valence-electron chi connectivity index (χ2n) is 8.94. The minimum Gasteiger partial charge on any atom is -0.502 e. The lowest BCUT2D eigenvalue weighted by atomic mass is 9.94. The van der Waals surface area contributed by atoms with Gasteiger partial charge in [0.1, 0.15) is 0 Å². The molecule has 198 valence electrons. The van der Waals surface area contributed by atoms with Crippen LogP contribution in [0.2, 0.25) is 0 Å². The number of nitrogens with one attached hydrogen (secondary N) is 2. The van der Waals surface area contributed by atoms with Crippen LogP contribution in [0.4, 0.5) is 8.78 Å². The molecule has 1 saturated heterocycles. The molecule has 3 N–H and O–H groups in total. The van der Waals surface area contributed by atoms with Crippen LogP contribution in [0.5, 0.6) is 5.75 Å². The Kier molecular flexibility index (Phi) is 9.19. The number of morpholine rings is 1. The molecular weight excluding hydrogens is 494 g/mol. The summed E-state index contributed by atoms with van der Waals surface area (Å²) < 4.78 is 30.7. The van der Waals surface area contributed by atoms with E-state index in [9.17, 15) is 23.5 Å². The molecule has 3 aromatic rings. The van der Waals surface area contributed by atoms with Crippen molar-refractivity contribution in [2.75, 3.05) is 32.8 Å². The number of aromatic amines is 1. The largest absolute Gasteiger partial charge is 0.502 e. The fourth-order valence-corrected chi connectivity index (χ4v) is 4.14. The lowest BCUT2D eigenvalue weighted by Gasteiger charge is -2.26. The van der Waals surface area contributed by atoms with Crippen molar-refractivity contribution in [3.63, 3.8) is 0 Å². The van der Waals surface area contributed by atoms with Crippen LogP contribution in [-0.4, -0.2) is 65.2 Å². The average Bonchev–Trinajstić information content (AvgIpc) is 2.93. The molecule has 1 aliphatic rings. The minimum absolute atomic E-state index is 0.0178. The van der Waals surface area contributed by atoms with E-state index in [-0.39, 0.29) is 18.7 Å². The number of aromatic nitrogens is 2. The van der Waals surface area contributed by atoms with Gasteiger partial charge < -0.3 is 20.1 Å². The molecule has 0 bridgehead atoms. The Morgan fingerprint density at radius 3 is 2.26 bits per heavy atom. The summed E-state index contributed by atoms with van der Waals surface area (Å²) in [7, 11) is 0. The third kappa shape index (κ3) is 7.47. The number of H-pyrrole nitrogens is 1. The number of hydrogen-bond acceptors (Lipinski definition) is 6. The zero-order chi connectivity index (χ0) is 26.9. The molecule has 0 radical (unpaired) electrons. The van der Waals surface area contributed by atoms with Crippen LogP contribution in [0.15, 0.2) is 59.7 Å². The number of carbonyl (C=O) groups excluding carboxylic acids is 1. The Balaban J connectivity index is 1.41. The highest BCUT2D eigenvalue weighted by Crippen LogP contribution is 2.24. The van der Waals surface area contributed by atoms with Gasteiger partial charge in [-0.05, 0) is 41.8 Å². The first-order valence-electron chi connectivity index (χ1n) is 12.2. The van der Waals surface area contributed by atoms with E-state index in [1.165, 1.54) is 5.56 Å². The maximum atomic E-state index is 12.7. The monoisotopic (exact) mass is 522 g/mol. The summed E-state index contributed by atoms with van der Waals surface area (Å²) in [5.41, 5.74) is 2.96. The van der Waals surface area contributed by atoms with Gasteiger partial charge >= 0.3 is 6.43 Å². The van der Waals surface area contributed by atoms with E-state index in [0.29, 0.717) is 0 Å². The second-order valence-corrected chi connectivity index (χ2v) is 8.94. The van der Waals surface area contributed by atoms with Gasteiger partial charge in [0.05, 0.1) is 25.2 Å². The van der Waals surface area contributed by atoms with E-state index < -0.39 is 29.6 Å². The van der Waals surface area contributed by atoms with Gasteiger partial charge in [0.15, 0.2) is 0 Å². The molecule has 1 amide bonds. The minimum atomic E-state index is -3.17. The Morgan fingerprint density at radius 1 is 1.05 bits per heavy atom. The summed E-state index contributed by atoms with van der Waals surface area (Å²) in [6.07, 6.45) is -1.81. The zero-order valence-corrected chi connectivity index (χ0v) is 20.6. The van der Waals surface area contributed by atoms with Crippen molar-refractivity contribution in [3.8, 4) is 17.6 Å². The van der Waals surface area contributed by atoms with E-state index in [4.69, 9.17) is 4.74 Å². The van der Waals surface area contributed by atoms with Crippen LogP contribution in [0.1, 0.15) is 33.9 Å². The van der Waals surface area contributed by atoms with Gasteiger partial charge in [0, 0.05) is 43.2 Å². The molecule has 2 heterocycles. The van der Waals surface area contributed by atoms with Crippen molar-refractivity contribution in [2.45, 2.75) is 25.3 Å². The molecule has 1 unspecified atom stereocenters. The van der Waals surface area contributed by atoms with Gasteiger partial charge in [0.2, 0.25) is 5.75 Å². The molecule has 1 fully saturated rings. The standard InChI is InChI=1S/C28H28F2N4O4/c29-26(30)28(37)31-16-23(24-25(35)27(36)33-18-32-24)15-21-7-3-19(4-8-21)1-2-20-5-9-22(10-6-20)17-34-11-13-38-14-12-34/h3-10,18,23,26,35H,11-17H2,(H,31,37)(H,32,33,36). The molecule has 0 saturated carbocycles. The lowest BCUT2D eigenvalue weighted by Crippen LogP contribution is -2.35. The number of nitrogens with zero attached hydrogens (tertiary/aromatic N) is 2. The maximum absolute atomic E-state index is 12.7. The topological polar surface area (TPSA) is 108 Å². The normalized spacial score (nSPS) is 14.5. The summed E-state index contributed by atoms with van der Waals surface area (Å²) >= 11 is 0. The van der Waals surface area contributed by atoms with Gasteiger partial charge in [-0.2, -0.15) is 8.78 Å². The third-order valence-electron chi connectivity index (χ3n) is 6.22. The number of halogens is 2. The van der Waals surface area contributed by atoms with Crippen molar-refractivity contribution < 1.29 is 23.4 Å². The number of benzene rings is 2. The van der Waals surface area contributed by atoms with Gasteiger partial charge in [0.25, 0.3) is 11.5 Å². The Hall–Kier alpha value is -4.07. The highest BCUT2D eigenvalue weighted by atomic mass is 19.3. The fraction of sp³-hybridized carbons (Fsp3) is 0.321. The fourth-order valence-electron chi connectivity index (χ4n) is 4.14. The molecule has 0 aliphatic carbocycles. The molecule has 10 heteroatoms. The van der Waals surface area contributed by atoms with Crippen molar-refractivity contribution in [3.05, 3.63) is 93.2 Å². The maximum Gasteiger partial charge on any atom is 0.315 e. The number of carbonyl (C=O) groups is 1. The van der Waals surface area contributed by atoms with Crippen LogP contribution in [0.25, 0.3) is 0 Å². The number of ether oxygens (including phenoxy) is 1. The van der Waals surface area contributed by atoms with Gasteiger partial charge in [-0.15, -0.1) is 0 Å². The highest BCUT2D eigenvalue weighted by molar-refractivity contribution is 5.79. The van der Waals surface area contributed by atoms with Crippen molar-refractivity contribution in [2.24, 2.45) is 0 Å². The van der Waals surface area contributed by atoms with E-state index in [0.717, 1.165) is 55.9 Å². The van der Waals surface area contributed by atoms with Gasteiger partial charge in [-0.1, -0.05) is 36.1 Å². The predicted molar refractivity (Wildman–Crippen MR) is 137 cm³/mol. The van der Waals surface area contributed by atoms with Crippen LogP contribution < -0.4 is 10.9 Å². The average molecular weight is 523 g/mol. The van der Waals surface area contributed by atoms with E-state index in [1.54, 1.807) is 0 Å². The number of rotatable bonds is 8. The Labute approximate surface area is 218 Å². The van der Waals surface area contributed by atoms with E-state index in [2.05, 4.69) is 44.2 Å². The third-order valence-corrected chi connectivity index (χ3v) is 6.22. The van der Waals surface area contributed by atoms with E-state index >= 15 is 0 Å². The number of amides is 1. The molecular formula is C28H28F2N4O4. The lowest BCUT2D eigenvalue weighted by molar-refractivity contribution is -0.131. The van der Waals surface area contributed by atoms with Crippen LogP contribution >= 0.6 is 0 Å². The predicted octanol–water partition coefficient (Wildman–Crippen LogP) is 2.42. The smallest absolute Gasteiger partial charge is 0.315 e. The van der Waals surface area contributed by atoms with Crippen LogP contribution in [0.3, 0.4) is 0 Å². The highest BCUT2D eigenvalue weighted by Gasteiger charge is 2.23. The molecule has 4 rings (SSSR count). The molecule has 1 aliphatic heterocycles. The second kappa shape index (κ2) is 12.9. The number of alkyl halides is 2. The first-order chi connectivity index (χ1) is 18.4. The molecule has 38 heavy (non-hydrogen) atoms. The molecule has 1 atom stereocenters. The number of hydrogen-bond donors (Lipinski definition) is 3. The van der Waals surface area contributed by atoms with E-state index in [1.807, 2.05) is 36.4 Å². The van der Waals surface area contributed by atoms with Crippen molar-refractivity contribution in [1.82, 2.24) is 20.2 Å².